The van der Waals surface area contributed by atoms with E-state index in [-0.39, 0.29) is 33.0 Å². The number of carbonyl (C=O) groups excluding carboxylic acids is 2. The van der Waals surface area contributed by atoms with Crippen molar-refractivity contribution in [3.63, 3.8) is 0 Å². The van der Waals surface area contributed by atoms with Crippen LogP contribution >= 0.6 is 0 Å². The minimum atomic E-state index is -0.275. The van der Waals surface area contributed by atoms with E-state index in [1.807, 2.05) is 12.1 Å². The van der Waals surface area contributed by atoms with E-state index in [1.54, 1.807) is 7.11 Å². The fourth-order valence-electron chi connectivity index (χ4n) is 12.8. The first kappa shape index (κ1) is 32.5. The van der Waals surface area contributed by atoms with Gasteiger partial charge in [0.1, 0.15) is 5.75 Å². The maximum atomic E-state index is 14.1. The topological polar surface area (TPSA) is 64.6 Å². The number of hydrogen-bond acceptors (Lipinski definition) is 4. The van der Waals surface area contributed by atoms with Gasteiger partial charge in [-0.15, -0.1) is 0 Å². The molecule has 5 heteroatoms. The molecule has 1 N–H and O–H groups in total. The van der Waals surface area contributed by atoms with Gasteiger partial charge in [0.05, 0.1) is 12.0 Å². The van der Waals surface area contributed by atoms with Gasteiger partial charge < -0.3 is 14.8 Å². The van der Waals surface area contributed by atoms with Gasteiger partial charge in [-0.1, -0.05) is 65.0 Å². The Kier molecular flexibility index (Phi) is 8.23. The largest absolute Gasteiger partial charge is 0.429 e. The van der Waals surface area contributed by atoms with E-state index in [0.29, 0.717) is 55.0 Å². The molecule has 0 bridgehead atoms. The van der Waals surface area contributed by atoms with Crippen LogP contribution in [0, 0.1) is 56.7 Å². The maximum Gasteiger partial charge on any atom is 0.298 e. The lowest BCUT2D eigenvalue weighted by Crippen LogP contribution is -2.66. The number of nitrogens with one attached hydrogen (secondary N) is 1. The zero-order chi connectivity index (χ0) is 32.4. The highest BCUT2D eigenvalue weighted by atomic mass is 16.5. The van der Waals surface area contributed by atoms with Crippen LogP contribution in [0.2, 0.25) is 0 Å². The molecular formula is C40H57NO4. The van der Waals surface area contributed by atoms with E-state index in [9.17, 15) is 9.59 Å². The maximum absolute atomic E-state index is 14.1. The average molecular weight is 616 g/mol. The lowest BCUT2D eigenvalue weighted by Gasteiger charge is -2.72. The Morgan fingerprint density at radius 2 is 1.69 bits per heavy atom. The molecule has 4 fully saturated rings. The minimum Gasteiger partial charge on any atom is -0.429 e. The number of benzene rings is 1. The van der Waals surface area contributed by atoms with E-state index in [4.69, 9.17) is 9.47 Å². The number of rotatable bonds is 8. The molecular weight excluding hydrogens is 558 g/mol. The van der Waals surface area contributed by atoms with Crippen molar-refractivity contribution in [1.82, 2.24) is 5.32 Å². The predicted octanol–water partition coefficient (Wildman–Crippen LogP) is 8.64. The Bertz CT molecular complexity index is 1360. The molecule has 6 rings (SSSR count). The third-order valence-corrected chi connectivity index (χ3v) is 15.0. The van der Waals surface area contributed by atoms with Gasteiger partial charge in [-0.25, -0.2) is 0 Å². The summed E-state index contributed by atoms with van der Waals surface area (Å²) >= 11 is 0. The molecule has 9 atom stereocenters. The van der Waals surface area contributed by atoms with Crippen molar-refractivity contribution < 1.29 is 19.1 Å². The van der Waals surface area contributed by atoms with Crippen LogP contribution in [-0.4, -0.2) is 32.6 Å². The minimum absolute atomic E-state index is 0.0393. The monoisotopic (exact) mass is 615 g/mol. The number of fused-ring (bicyclic) bond motifs is 7. The van der Waals surface area contributed by atoms with Crippen LogP contribution < -0.4 is 10.1 Å². The third-order valence-electron chi connectivity index (χ3n) is 15.0. The molecule has 246 valence electrons. The number of methoxy groups -OCH3 is 1. The number of amides is 1. The highest BCUT2D eigenvalue weighted by Crippen LogP contribution is 2.77. The summed E-state index contributed by atoms with van der Waals surface area (Å²) in [6.45, 7) is 21.2. The van der Waals surface area contributed by atoms with Gasteiger partial charge in [-0.2, -0.15) is 0 Å². The fraction of sp³-hybridized carbons (Fsp3) is 0.700. The van der Waals surface area contributed by atoms with Crippen LogP contribution in [0.4, 0.5) is 0 Å². The van der Waals surface area contributed by atoms with Crippen LogP contribution in [0.3, 0.4) is 0 Å². The van der Waals surface area contributed by atoms with Crippen molar-refractivity contribution in [3.8, 4) is 5.75 Å². The summed E-state index contributed by atoms with van der Waals surface area (Å²) in [7, 11) is 1.70. The Balaban J connectivity index is 1.33. The quantitative estimate of drug-likeness (QED) is 0.181. The molecule has 0 aromatic heterocycles. The summed E-state index contributed by atoms with van der Waals surface area (Å²) in [5.41, 5.74) is 4.37. The van der Waals surface area contributed by atoms with Gasteiger partial charge in [0.2, 0.25) is 5.91 Å². The molecule has 0 unspecified atom stereocenters. The zero-order valence-corrected chi connectivity index (χ0v) is 29.0. The first-order valence-electron chi connectivity index (χ1n) is 17.6. The number of allylic oxidation sites excluding steroid dienone is 3. The number of carbonyl (C=O) groups is 2. The summed E-state index contributed by atoms with van der Waals surface area (Å²) in [5, 5.41) is 3.31. The Morgan fingerprint density at radius 3 is 2.36 bits per heavy atom. The number of hydrogen-bond donors (Lipinski definition) is 1. The van der Waals surface area contributed by atoms with E-state index in [1.165, 1.54) is 42.4 Å². The summed E-state index contributed by atoms with van der Waals surface area (Å²) in [4.78, 5) is 24.9. The van der Waals surface area contributed by atoms with E-state index in [0.717, 1.165) is 32.1 Å². The van der Waals surface area contributed by atoms with Crippen molar-refractivity contribution in [2.24, 2.45) is 56.7 Å². The fourth-order valence-corrected chi connectivity index (χ4v) is 12.8. The molecule has 45 heavy (non-hydrogen) atoms. The smallest absolute Gasteiger partial charge is 0.298 e. The van der Waals surface area contributed by atoms with Crippen molar-refractivity contribution >= 4 is 18.0 Å². The molecule has 0 heterocycles. The predicted molar refractivity (Wildman–Crippen MR) is 180 cm³/mol. The van der Waals surface area contributed by atoms with Gasteiger partial charge in [0.15, 0.2) is 0 Å². The zero-order valence-electron chi connectivity index (χ0n) is 29.0. The Hall–Kier alpha value is -2.40. The summed E-state index contributed by atoms with van der Waals surface area (Å²) < 4.78 is 10.4. The molecule has 0 saturated heterocycles. The van der Waals surface area contributed by atoms with Crippen LogP contribution in [0.5, 0.6) is 5.75 Å². The van der Waals surface area contributed by atoms with Crippen molar-refractivity contribution in [2.75, 3.05) is 20.3 Å². The average Bonchev–Trinajstić information content (AvgIpc) is 3.40. The molecule has 0 aliphatic heterocycles. The van der Waals surface area contributed by atoms with Crippen molar-refractivity contribution in [3.05, 3.63) is 48.1 Å². The summed E-state index contributed by atoms with van der Waals surface area (Å²) in [5.74, 6) is 3.45. The molecule has 4 saturated carbocycles. The molecule has 1 amide bonds. The van der Waals surface area contributed by atoms with Gasteiger partial charge >= 0.3 is 0 Å². The standard InChI is InChI=1S/C40H57NO4/c1-26(2)29-15-20-40(35(43)41-23-24-44-8)22-21-38(6)31(34(29)40)13-14-33-37(5)18-16-30(27-9-11-28(12-10-27)45-25-42)36(3,4)32(37)17-19-39(33,38)7/h9-12,16,25,29,31-34H,1,13-15,17-24H2,2-8H3,(H,41,43)/t29-,31+,32-,33+,34+,37-,38+,39+,40-/m0/s1. The van der Waals surface area contributed by atoms with Gasteiger partial charge in [0, 0.05) is 13.7 Å². The van der Waals surface area contributed by atoms with Gasteiger partial charge in [-0.05, 0) is 139 Å². The normalized spacial score (nSPS) is 41.4. The second kappa shape index (κ2) is 11.4. The molecule has 1 aromatic carbocycles. The van der Waals surface area contributed by atoms with Crippen LogP contribution in [0.15, 0.2) is 42.5 Å². The lowest BCUT2D eigenvalue weighted by molar-refractivity contribution is -0.225. The highest BCUT2D eigenvalue weighted by Gasteiger charge is 2.71. The molecule has 5 aliphatic rings. The number of ether oxygens (including phenoxy) is 2. The summed E-state index contributed by atoms with van der Waals surface area (Å²) in [6, 6.07) is 8.06. The van der Waals surface area contributed by atoms with Crippen LogP contribution in [0.1, 0.15) is 105 Å². The molecule has 5 aliphatic carbocycles. The first-order valence-corrected chi connectivity index (χ1v) is 17.6. The molecule has 0 spiro atoms. The first-order chi connectivity index (χ1) is 21.3. The molecule has 0 radical (unpaired) electrons. The third kappa shape index (κ3) is 4.64. The Labute approximate surface area is 272 Å². The van der Waals surface area contributed by atoms with Crippen molar-refractivity contribution in [1.29, 1.82) is 0 Å². The SMILES string of the molecule is C=C(C)[C@@H]1CC[C@]2(C(=O)NCCOC)CC[C@]3(C)[C@H](CC[C@@H]4[C@@]5(C)CC=C(c6ccc(OC=O)cc6)C(C)(C)[C@@H]5CC[C@]43C)[C@@H]12. The van der Waals surface area contributed by atoms with E-state index in [2.05, 4.69) is 71.6 Å². The lowest BCUT2D eigenvalue weighted by atomic mass is 9.32. The molecule has 1 aromatic rings. The second-order valence-corrected chi connectivity index (χ2v) is 16.9. The van der Waals surface area contributed by atoms with E-state index >= 15 is 0 Å². The second-order valence-electron chi connectivity index (χ2n) is 16.9. The van der Waals surface area contributed by atoms with Crippen LogP contribution in [-0.2, 0) is 14.3 Å². The van der Waals surface area contributed by atoms with Crippen LogP contribution in [0.25, 0.3) is 5.57 Å². The van der Waals surface area contributed by atoms with Crippen molar-refractivity contribution in [2.45, 2.75) is 99.3 Å². The van der Waals surface area contributed by atoms with E-state index < -0.39 is 0 Å². The molecule has 5 nitrogen and oxygen atoms in total. The summed E-state index contributed by atoms with van der Waals surface area (Å²) in [6.07, 6.45) is 12.8. The van der Waals surface area contributed by atoms with Gasteiger partial charge in [-0.3, -0.25) is 9.59 Å². The van der Waals surface area contributed by atoms with Gasteiger partial charge in [0.25, 0.3) is 6.47 Å². The highest BCUT2D eigenvalue weighted by molar-refractivity contribution is 5.84. The Morgan fingerprint density at radius 1 is 0.956 bits per heavy atom.